The monoisotopic (exact) mass is 818 g/mol. The van der Waals surface area contributed by atoms with Gasteiger partial charge in [0.25, 0.3) is 0 Å². The Labute approximate surface area is 349 Å². The van der Waals surface area contributed by atoms with Gasteiger partial charge in [0.1, 0.15) is 42.7 Å². The van der Waals surface area contributed by atoms with Crippen molar-refractivity contribution in [3.8, 4) is 0 Å². The lowest BCUT2D eigenvalue weighted by Crippen LogP contribution is -2.67. The van der Waals surface area contributed by atoms with Crippen LogP contribution < -0.4 is 0 Å². The van der Waals surface area contributed by atoms with Crippen LogP contribution in [0.4, 0.5) is 0 Å². The average Bonchev–Trinajstić information content (AvgIpc) is 3.31. The summed E-state index contributed by atoms with van der Waals surface area (Å²) < 4.78 is 64.2. The molecule has 0 spiro atoms. The number of aliphatic hydroxyl groups is 1. The predicted molar refractivity (Wildman–Crippen MR) is 217 cm³/mol. The first-order valence-electron chi connectivity index (χ1n) is 20.2. The van der Waals surface area contributed by atoms with E-state index in [0.717, 1.165) is 22.3 Å². The number of ether oxygens (including phenoxy) is 10. The molecule has 8 rings (SSSR count). The minimum absolute atomic E-state index is 0.0556. The molecule has 0 aliphatic carbocycles. The normalized spacial score (nSPS) is 29.0. The van der Waals surface area contributed by atoms with Crippen molar-refractivity contribution in [1.29, 1.82) is 0 Å². The number of esters is 1. The lowest BCUT2D eigenvalue weighted by Gasteiger charge is -2.50. The van der Waals surface area contributed by atoms with Crippen LogP contribution in [-0.4, -0.2) is 92.8 Å². The Balaban J connectivity index is 1.13. The summed E-state index contributed by atoms with van der Waals surface area (Å²) in [4.78, 5) is 14.0. The number of methoxy groups -OCH3 is 1. The van der Waals surface area contributed by atoms with Crippen LogP contribution in [-0.2, 0) is 67.2 Å². The van der Waals surface area contributed by atoms with E-state index in [2.05, 4.69) is 0 Å². The second-order valence-electron chi connectivity index (χ2n) is 14.8. The molecule has 3 heterocycles. The molecule has 0 aromatic heterocycles. The fourth-order valence-corrected chi connectivity index (χ4v) is 7.64. The number of carbonyl (C=O) groups excluding carboxylic acids is 1. The van der Waals surface area contributed by atoms with Gasteiger partial charge in [-0.3, -0.25) is 0 Å². The lowest BCUT2D eigenvalue weighted by molar-refractivity contribution is -0.393. The van der Waals surface area contributed by atoms with E-state index in [0.29, 0.717) is 12.2 Å². The summed E-state index contributed by atoms with van der Waals surface area (Å²) in [5.74, 6) is -0.631. The molecule has 5 aromatic carbocycles. The van der Waals surface area contributed by atoms with Gasteiger partial charge in [0.05, 0.1) is 38.6 Å². The highest BCUT2D eigenvalue weighted by Crippen LogP contribution is 2.38. The molecule has 1 unspecified atom stereocenters. The second-order valence-corrected chi connectivity index (χ2v) is 14.8. The van der Waals surface area contributed by atoms with E-state index in [-0.39, 0.29) is 26.4 Å². The van der Waals surface area contributed by atoms with E-state index in [4.69, 9.17) is 47.4 Å². The van der Waals surface area contributed by atoms with E-state index in [9.17, 15) is 9.90 Å². The zero-order chi connectivity index (χ0) is 41.1. The largest absolute Gasteiger partial charge is 0.450 e. The summed E-state index contributed by atoms with van der Waals surface area (Å²) in [5.41, 5.74) is 3.88. The molecular weight excluding hydrogens is 769 g/mol. The van der Waals surface area contributed by atoms with Crippen LogP contribution in [0.15, 0.2) is 152 Å². The highest BCUT2D eigenvalue weighted by molar-refractivity contribution is 5.89. The number of benzene rings is 5. The topological polar surface area (TPSA) is 130 Å². The molecule has 3 aliphatic rings. The highest BCUT2D eigenvalue weighted by atomic mass is 16.8. The summed E-state index contributed by atoms with van der Waals surface area (Å²) in [5, 5.41) is 12.1. The minimum Gasteiger partial charge on any atom is -0.450 e. The molecule has 60 heavy (non-hydrogen) atoms. The second kappa shape index (κ2) is 20.6. The van der Waals surface area contributed by atoms with Crippen LogP contribution in [0.2, 0.25) is 0 Å². The summed E-state index contributed by atoms with van der Waals surface area (Å²) >= 11 is 0. The molecule has 3 aliphatic heterocycles. The van der Waals surface area contributed by atoms with Crippen LogP contribution in [0.1, 0.15) is 38.9 Å². The number of fused-ring (bicyclic) bond motifs is 1. The average molecular weight is 819 g/mol. The maximum Gasteiger partial charge on any atom is 0.338 e. The van der Waals surface area contributed by atoms with Gasteiger partial charge >= 0.3 is 5.97 Å². The zero-order valence-corrected chi connectivity index (χ0v) is 33.3. The first-order chi connectivity index (χ1) is 29.5. The molecule has 3 saturated heterocycles. The van der Waals surface area contributed by atoms with Gasteiger partial charge in [-0.15, -0.1) is 0 Å². The molecule has 0 bridgehead atoms. The molecule has 11 atom stereocenters. The van der Waals surface area contributed by atoms with E-state index < -0.39 is 73.7 Å². The Morgan fingerprint density at radius 2 is 1.17 bits per heavy atom. The Morgan fingerprint density at radius 3 is 1.77 bits per heavy atom. The SMILES string of the molecule is CO[C@H]1O[C@@H]2COC(c3ccccc3)O[C@H]2[C@H](O)[C@H]1O[C@@H]1O[C@H](COCc2ccccc2)[C@@H](OCc2ccccc2)[C@H](OCc2ccccc2)[C@H]1OC(=O)c1ccccc1. The molecule has 12 heteroatoms. The van der Waals surface area contributed by atoms with Crippen LogP contribution in [0.25, 0.3) is 0 Å². The third-order valence-electron chi connectivity index (χ3n) is 10.7. The van der Waals surface area contributed by atoms with E-state index >= 15 is 0 Å². The van der Waals surface area contributed by atoms with Gasteiger partial charge in [0, 0.05) is 12.7 Å². The molecular formula is C48H50O12. The third kappa shape index (κ3) is 10.4. The van der Waals surface area contributed by atoms with Gasteiger partial charge in [-0.05, 0) is 28.8 Å². The van der Waals surface area contributed by atoms with E-state index in [1.54, 1.807) is 24.3 Å². The first kappa shape index (κ1) is 41.9. The molecule has 314 valence electrons. The van der Waals surface area contributed by atoms with Crippen molar-refractivity contribution in [1.82, 2.24) is 0 Å². The first-order valence-corrected chi connectivity index (χ1v) is 20.2. The summed E-state index contributed by atoms with van der Waals surface area (Å²) in [6, 6.07) is 47.3. The molecule has 3 fully saturated rings. The molecule has 1 N–H and O–H groups in total. The van der Waals surface area contributed by atoms with Gasteiger partial charge in [-0.2, -0.15) is 0 Å². The molecule has 5 aromatic rings. The highest BCUT2D eigenvalue weighted by Gasteiger charge is 2.55. The van der Waals surface area contributed by atoms with Gasteiger partial charge in [-0.1, -0.05) is 140 Å². The smallest absolute Gasteiger partial charge is 0.338 e. The quantitative estimate of drug-likeness (QED) is 0.108. The summed E-state index contributed by atoms with van der Waals surface area (Å²) in [6.45, 7) is 0.842. The lowest BCUT2D eigenvalue weighted by atomic mass is 9.96. The third-order valence-corrected chi connectivity index (χ3v) is 10.7. The van der Waals surface area contributed by atoms with E-state index in [1.165, 1.54) is 7.11 Å². The van der Waals surface area contributed by atoms with Crippen molar-refractivity contribution in [2.24, 2.45) is 0 Å². The van der Waals surface area contributed by atoms with Crippen molar-refractivity contribution in [2.75, 3.05) is 20.3 Å². The number of carbonyl (C=O) groups is 1. The fraction of sp³-hybridized carbons (Fsp3) is 0.354. The Morgan fingerprint density at radius 1 is 0.617 bits per heavy atom. The van der Waals surface area contributed by atoms with Crippen molar-refractivity contribution in [3.63, 3.8) is 0 Å². The van der Waals surface area contributed by atoms with Gasteiger partial charge in [0.2, 0.25) is 0 Å². The van der Waals surface area contributed by atoms with Gasteiger partial charge in [-0.25, -0.2) is 4.79 Å². The van der Waals surface area contributed by atoms with Crippen molar-refractivity contribution >= 4 is 5.97 Å². The van der Waals surface area contributed by atoms with Crippen LogP contribution in [0.5, 0.6) is 0 Å². The Kier molecular flexibility index (Phi) is 14.4. The van der Waals surface area contributed by atoms with Crippen molar-refractivity contribution in [2.45, 2.75) is 87.5 Å². The molecule has 0 radical (unpaired) electrons. The molecule has 12 nitrogen and oxygen atoms in total. The maximum atomic E-state index is 14.0. The Bertz CT molecular complexity index is 2030. The van der Waals surface area contributed by atoms with Crippen LogP contribution in [0, 0.1) is 0 Å². The number of hydrogen-bond donors (Lipinski definition) is 1. The van der Waals surface area contributed by atoms with Gasteiger partial charge in [0.15, 0.2) is 25.0 Å². The van der Waals surface area contributed by atoms with Crippen LogP contribution in [0.3, 0.4) is 0 Å². The minimum atomic E-state index is -1.34. The van der Waals surface area contributed by atoms with Crippen LogP contribution >= 0.6 is 0 Å². The molecule has 0 amide bonds. The zero-order valence-electron chi connectivity index (χ0n) is 33.3. The van der Waals surface area contributed by atoms with Crippen molar-refractivity contribution in [3.05, 3.63) is 179 Å². The fourth-order valence-electron chi connectivity index (χ4n) is 7.64. The number of hydrogen-bond acceptors (Lipinski definition) is 12. The van der Waals surface area contributed by atoms with Crippen molar-refractivity contribution < 1.29 is 57.3 Å². The van der Waals surface area contributed by atoms with Gasteiger partial charge < -0.3 is 52.5 Å². The Hall–Kier alpha value is -4.83. The van der Waals surface area contributed by atoms with E-state index in [1.807, 2.05) is 127 Å². The molecule has 0 saturated carbocycles. The standard InChI is InChI=1S/C48H50O12/c1-51-47-42(39(49)40-38(56-47)31-55-46(59-40)36-25-15-6-16-26-36)60-48-44(58-45(50)35-23-13-5-14-24-35)43(54-29-34-21-11-4-12-22-34)41(53-28-33-19-9-3-10-20-33)37(57-48)30-52-27-32-17-7-2-8-18-32/h2-26,37-44,46-49H,27-31H2,1H3/t37-,38-,39+,40-,41-,42-,43+,44-,46?,47+,48+/m1/s1. The summed E-state index contributed by atoms with van der Waals surface area (Å²) in [6.07, 6.45) is -11.0. The number of aliphatic hydroxyl groups excluding tert-OH is 1. The maximum absolute atomic E-state index is 14.0. The summed E-state index contributed by atoms with van der Waals surface area (Å²) in [7, 11) is 1.46. The predicted octanol–water partition coefficient (Wildman–Crippen LogP) is 6.56. The number of rotatable bonds is 16.